The first kappa shape index (κ1) is 13.9. The summed E-state index contributed by atoms with van der Waals surface area (Å²) in [6.07, 6.45) is 3.80. The van der Waals surface area contributed by atoms with Crippen LogP contribution in [0, 0.1) is 18.8 Å². The lowest BCUT2D eigenvalue weighted by Gasteiger charge is -2.13. The molecule has 19 heavy (non-hydrogen) atoms. The zero-order valence-electron chi connectivity index (χ0n) is 12.1. The van der Waals surface area contributed by atoms with Crippen molar-refractivity contribution in [2.45, 2.75) is 33.1 Å². The molecule has 0 heterocycles. The molecule has 0 aliphatic heterocycles. The quantitative estimate of drug-likeness (QED) is 0.873. The van der Waals surface area contributed by atoms with E-state index in [2.05, 4.69) is 17.6 Å². The zero-order chi connectivity index (χ0) is 13.8. The molecule has 0 radical (unpaired) electrons. The molecule has 1 saturated carbocycles. The molecule has 104 valence electrons. The van der Waals surface area contributed by atoms with Gasteiger partial charge in [0.1, 0.15) is 0 Å². The zero-order valence-corrected chi connectivity index (χ0v) is 12.1. The van der Waals surface area contributed by atoms with Crippen LogP contribution in [0.3, 0.4) is 0 Å². The maximum absolute atomic E-state index is 12.2. The van der Waals surface area contributed by atoms with Crippen LogP contribution < -0.4 is 10.6 Å². The minimum atomic E-state index is 0.0553. The van der Waals surface area contributed by atoms with E-state index in [1.165, 1.54) is 19.3 Å². The first-order chi connectivity index (χ1) is 9.10. The van der Waals surface area contributed by atoms with Crippen LogP contribution in [-0.4, -0.2) is 19.5 Å². The normalized spacial score (nSPS) is 22.3. The predicted molar refractivity (Wildman–Crippen MR) is 79.6 cm³/mol. The molecule has 1 amide bonds. The summed E-state index contributed by atoms with van der Waals surface area (Å²) < 4.78 is 0. The number of carbonyl (C=O) groups is 1. The fraction of sp³-hybridized carbons (Fsp3) is 0.562. The number of nitrogens with one attached hydrogen (secondary N) is 2. The molecular formula is C16H24N2O. The molecule has 1 aliphatic carbocycles. The number of benzene rings is 1. The molecule has 3 heteroatoms. The van der Waals surface area contributed by atoms with Crippen molar-refractivity contribution in [1.29, 1.82) is 0 Å². The third-order valence-electron chi connectivity index (χ3n) is 4.11. The Morgan fingerprint density at radius 3 is 2.74 bits per heavy atom. The Morgan fingerprint density at radius 2 is 2.16 bits per heavy atom. The summed E-state index contributed by atoms with van der Waals surface area (Å²) in [5.41, 5.74) is 2.84. The molecule has 1 fully saturated rings. The van der Waals surface area contributed by atoms with Gasteiger partial charge in [-0.2, -0.15) is 0 Å². The van der Waals surface area contributed by atoms with Gasteiger partial charge in [0.2, 0.25) is 0 Å². The van der Waals surface area contributed by atoms with Crippen molar-refractivity contribution in [2.24, 2.45) is 11.8 Å². The third kappa shape index (κ3) is 3.49. The average molecular weight is 260 g/mol. The predicted octanol–water partition coefficient (Wildman–Crippen LogP) is 3.20. The number of rotatable bonds is 4. The average Bonchev–Trinajstić information content (AvgIpc) is 2.81. The van der Waals surface area contributed by atoms with Gasteiger partial charge < -0.3 is 10.6 Å². The van der Waals surface area contributed by atoms with Crippen LogP contribution in [0.4, 0.5) is 5.69 Å². The fourth-order valence-corrected chi connectivity index (χ4v) is 2.92. The van der Waals surface area contributed by atoms with E-state index in [0.29, 0.717) is 5.92 Å². The van der Waals surface area contributed by atoms with E-state index in [1.54, 1.807) is 0 Å². The summed E-state index contributed by atoms with van der Waals surface area (Å²) in [5, 5.41) is 6.16. The standard InChI is InChI=1S/C16H24N2O/c1-11-4-5-13(8-11)10-18-16(19)15-7-6-14(17-3)9-12(15)2/h6-7,9,11,13,17H,4-5,8,10H2,1-3H3,(H,18,19). The largest absolute Gasteiger partial charge is 0.388 e. The van der Waals surface area contributed by atoms with Crippen LogP contribution in [-0.2, 0) is 0 Å². The highest BCUT2D eigenvalue weighted by molar-refractivity contribution is 5.96. The maximum atomic E-state index is 12.2. The van der Waals surface area contributed by atoms with E-state index < -0.39 is 0 Å². The summed E-state index contributed by atoms with van der Waals surface area (Å²) in [7, 11) is 1.88. The Labute approximate surface area is 115 Å². The van der Waals surface area contributed by atoms with Crippen LogP contribution in [0.15, 0.2) is 18.2 Å². The topological polar surface area (TPSA) is 41.1 Å². The van der Waals surface area contributed by atoms with Gasteiger partial charge in [0.05, 0.1) is 0 Å². The maximum Gasteiger partial charge on any atom is 0.251 e. The highest BCUT2D eigenvalue weighted by Crippen LogP contribution is 2.29. The highest BCUT2D eigenvalue weighted by Gasteiger charge is 2.21. The van der Waals surface area contributed by atoms with Gasteiger partial charge in [-0.25, -0.2) is 0 Å². The number of hydrogen-bond acceptors (Lipinski definition) is 2. The van der Waals surface area contributed by atoms with E-state index >= 15 is 0 Å². The lowest BCUT2D eigenvalue weighted by Crippen LogP contribution is -2.29. The Bertz CT molecular complexity index is 456. The first-order valence-electron chi connectivity index (χ1n) is 7.16. The van der Waals surface area contributed by atoms with Gasteiger partial charge in [-0.15, -0.1) is 0 Å². The molecule has 0 spiro atoms. The number of hydrogen-bond donors (Lipinski definition) is 2. The number of amides is 1. The molecular weight excluding hydrogens is 236 g/mol. The minimum Gasteiger partial charge on any atom is -0.388 e. The van der Waals surface area contributed by atoms with Crippen LogP contribution in [0.2, 0.25) is 0 Å². The number of carbonyl (C=O) groups excluding carboxylic acids is 1. The summed E-state index contributed by atoms with van der Waals surface area (Å²) >= 11 is 0. The van der Waals surface area contributed by atoms with Crippen LogP contribution in [0.5, 0.6) is 0 Å². The summed E-state index contributed by atoms with van der Waals surface area (Å²) in [4.78, 5) is 12.2. The van der Waals surface area contributed by atoms with Crippen molar-refractivity contribution in [2.75, 3.05) is 18.9 Å². The van der Waals surface area contributed by atoms with E-state index in [-0.39, 0.29) is 5.91 Å². The number of aryl methyl sites for hydroxylation is 1. The van der Waals surface area contributed by atoms with Crippen LogP contribution in [0.1, 0.15) is 42.1 Å². The van der Waals surface area contributed by atoms with Crippen molar-refractivity contribution in [3.63, 3.8) is 0 Å². The molecule has 2 unspecified atom stereocenters. The van der Waals surface area contributed by atoms with Crippen molar-refractivity contribution in [3.05, 3.63) is 29.3 Å². The van der Waals surface area contributed by atoms with Crippen LogP contribution in [0.25, 0.3) is 0 Å². The van der Waals surface area contributed by atoms with Gasteiger partial charge in [-0.1, -0.05) is 13.3 Å². The van der Waals surface area contributed by atoms with Crippen molar-refractivity contribution in [1.82, 2.24) is 5.32 Å². The van der Waals surface area contributed by atoms with Gasteiger partial charge in [-0.3, -0.25) is 4.79 Å². The molecule has 3 nitrogen and oxygen atoms in total. The molecule has 1 aromatic carbocycles. The molecule has 2 N–H and O–H groups in total. The molecule has 0 saturated heterocycles. The Hall–Kier alpha value is -1.51. The highest BCUT2D eigenvalue weighted by atomic mass is 16.1. The van der Waals surface area contributed by atoms with E-state index in [0.717, 1.165) is 29.3 Å². The molecule has 2 atom stereocenters. The van der Waals surface area contributed by atoms with Crippen molar-refractivity contribution >= 4 is 11.6 Å². The smallest absolute Gasteiger partial charge is 0.251 e. The van der Waals surface area contributed by atoms with Gasteiger partial charge >= 0.3 is 0 Å². The fourth-order valence-electron chi connectivity index (χ4n) is 2.92. The van der Waals surface area contributed by atoms with Crippen molar-refractivity contribution < 1.29 is 4.79 Å². The molecule has 0 aromatic heterocycles. The molecule has 2 rings (SSSR count). The first-order valence-corrected chi connectivity index (χ1v) is 7.16. The Morgan fingerprint density at radius 1 is 1.37 bits per heavy atom. The molecule has 0 bridgehead atoms. The van der Waals surface area contributed by atoms with Gasteiger partial charge in [0, 0.05) is 24.8 Å². The van der Waals surface area contributed by atoms with E-state index in [1.807, 2.05) is 32.2 Å². The number of anilines is 1. The van der Waals surface area contributed by atoms with E-state index in [4.69, 9.17) is 0 Å². The van der Waals surface area contributed by atoms with Gasteiger partial charge in [0.15, 0.2) is 0 Å². The van der Waals surface area contributed by atoms with Gasteiger partial charge in [0.25, 0.3) is 5.91 Å². The molecule has 1 aromatic rings. The lowest BCUT2D eigenvalue weighted by molar-refractivity contribution is 0.0946. The van der Waals surface area contributed by atoms with Crippen LogP contribution >= 0.6 is 0 Å². The summed E-state index contributed by atoms with van der Waals surface area (Å²) in [6.45, 7) is 5.09. The summed E-state index contributed by atoms with van der Waals surface area (Å²) in [6, 6.07) is 5.85. The van der Waals surface area contributed by atoms with Gasteiger partial charge in [-0.05, 0) is 55.4 Å². The molecule has 1 aliphatic rings. The minimum absolute atomic E-state index is 0.0553. The van der Waals surface area contributed by atoms with Crippen molar-refractivity contribution in [3.8, 4) is 0 Å². The van der Waals surface area contributed by atoms with E-state index in [9.17, 15) is 4.79 Å². The Balaban J connectivity index is 1.92. The third-order valence-corrected chi connectivity index (χ3v) is 4.11. The summed E-state index contributed by atoms with van der Waals surface area (Å²) in [5.74, 6) is 1.54. The lowest BCUT2D eigenvalue weighted by atomic mass is 10.0. The second-order valence-electron chi connectivity index (χ2n) is 5.77. The second-order valence-corrected chi connectivity index (χ2v) is 5.77. The Kier molecular flexibility index (Phi) is 4.46. The monoisotopic (exact) mass is 260 g/mol. The second kappa shape index (κ2) is 6.09. The SMILES string of the molecule is CNc1ccc(C(=O)NCC2CCC(C)C2)c(C)c1.